The molecule has 0 atom stereocenters. The quantitative estimate of drug-likeness (QED) is 0.567. The van der Waals surface area contributed by atoms with Gasteiger partial charge in [-0.2, -0.15) is 0 Å². The monoisotopic (exact) mass is 281 g/mol. The van der Waals surface area contributed by atoms with Crippen molar-refractivity contribution in [1.29, 1.82) is 0 Å². The van der Waals surface area contributed by atoms with E-state index in [4.69, 9.17) is 0 Å². The van der Waals surface area contributed by atoms with Gasteiger partial charge in [0.25, 0.3) is 0 Å². The summed E-state index contributed by atoms with van der Waals surface area (Å²) in [5, 5.41) is 0.536. The van der Waals surface area contributed by atoms with Crippen LogP contribution in [0.3, 0.4) is 0 Å². The van der Waals surface area contributed by atoms with Crippen molar-refractivity contribution in [3.63, 3.8) is 0 Å². The van der Waals surface area contributed by atoms with Crippen LogP contribution in [0.15, 0.2) is 24.3 Å². The number of rotatable bonds is 2. The summed E-state index contributed by atoms with van der Waals surface area (Å²) >= 11 is 0. The van der Waals surface area contributed by atoms with Gasteiger partial charge in [-0.25, -0.2) is 4.79 Å². The van der Waals surface area contributed by atoms with Crippen LogP contribution in [0.1, 0.15) is 10.5 Å². The van der Waals surface area contributed by atoms with E-state index in [1.807, 2.05) is 0 Å². The first-order valence-corrected chi connectivity index (χ1v) is 4.83. The Balaban J connectivity index is 0.00000162. The summed E-state index contributed by atoms with van der Waals surface area (Å²) in [6, 6.07) is 4.76. The van der Waals surface area contributed by atoms with Gasteiger partial charge in [-0.15, -0.1) is 5.46 Å². The zero-order chi connectivity index (χ0) is 12.6. The third-order valence-electron chi connectivity index (χ3n) is 2.43. The van der Waals surface area contributed by atoms with Crippen molar-refractivity contribution in [3.8, 4) is 0 Å². The number of esters is 1. The van der Waals surface area contributed by atoms with Crippen LogP contribution in [-0.4, -0.2) is 25.0 Å². The van der Waals surface area contributed by atoms with Gasteiger partial charge in [0.1, 0.15) is 5.69 Å². The SMILES string of the molecule is COC(=O)c1cc2ccc([B-](F)(F)F)cc2[nH]1.[K+]. The van der Waals surface area contributed by atoms with Crippen molar-refractivity contribution >= 4 is 29.3 Å². The molecule has 0 bridgehead atoms. The van der Waals surface area contributed by atoms with Crippen LogP contribution in [0.2, 0.25) is 0 Å². The number of carbonyl (C=O) groups is 1. The Morgan fingerprint density at radius 2 is 1.94 bits per heavy atom. The second kappa shape index (κ2) is 5.79. The molecule has 90 valence electrons. The van der Waals surface area contributed by atoms with Crippen LogP contribution in [0.4, 0.5) is 12.9 Å². The molecule has 0 spiro atoms. The van der Waals surface area contributed by atoms with E-state index in [1.54, 1.807) is 0 Å². The van der Waals surface area contributed by atoms with Gasteiger partial charge < -0.3 is 22.7 Å². The molecule has 0 aliphatic carbocycles. The topological polar surface area (TPSA) is 42.1 Å². The van der Waals surface area contributed by atoms with Gasteiger partial charge in [0.2, 0.25) is 0 Å². The van der Waals surface area contributed by atoms with Gasteiger partial charge in [0, 0.05) is 10.9 Å². The van der Waals surface area contributed by atoms with Crippen LogP contribution >= 0.6 is 0 Å². The Morgan fingerprint density at radius 3 is 2.50 bits per heavy atom. The Labute approximate surface area is 144 Å². The summed E-state index contributed by atoms with van der Waals surface area (Å²) < 4.78 is 42.0. The minimum Gasteiger partial charge on any atom is -0.464 e. The predicted octanol–water partition coefficient (Wildman–Crippen LogP) is -0.987. The molecule has 0 fully saturated rings. The van der Waals surface area contributed by atoms with Crippen molar-refractivity contribution in [2.24, 2.45) is 0 Å². The van der Waals surface area contributed by atoms with E-state index in [0.29, 0.717) is 5.39 Å². The van der Waals surface area contributed by atoms with E-state index in [1.165, 1.54) is 19.2 Å². The van der Waals surface area contributed by atoms with Crippen molar-refractivity contribution in [3.05, 3.63) is 30.0 Å². The second-order valence-electron chi connectivity index (χ2n) is 3.60. The van der Waals surface area contributed by atoms with E-state index in [9.17, 15) is 17.7 Å². The first kappa shape index (κ1) is 15.8. The van der Waals surface area contributed by atoms with E-state index in [-0.39, 0.29) is 62.6 Å². The molecule has 1 heterocycles. The first-order valence-electron chi connectivity index (χ1n) is 4.83. The fourth-order valence-corrected chi connectivity index (χ4v) is 1.57. The van der Waals surface area contributed by atoms with Crippen molar-refractivity contribution < 1.29 is 73.9 Å². The molecule has 0 radical (unpaired) electrons. The number of carbonyl (C=O) groups excluding carboxylic acids is 1. The molecule has 0 unspecified atom stereocenters. The molecular formula is C10H8BF3KNO2. The summed E-state index contributed by atoms with van der Waals surface area (Å²) in [6.45, 7) is -5.03. The number of nitrogens with one attached hydrogen (secondary N) is 1. The van der Waals surface area contributed by atoms with Gasteiger partial charge >= 0.3 is 64.3 Å². The average molecular weight is 281 g/mol. The van der Waals surface area contributed by atoms with Gasteiger partial charge in [-0.3, -0.25) is 0 Å². The van der Waals surface area contributed by atoms with Gasteiger partial charge in [0.05, 0.1) is 7.11 Å². The molecule has 0 aliphatic rings. The number of aromatic nitrogens is 1. The van der Waals surface area contributed by atoms with E-state index in [0.717, 1.165) is 12.1 Å². The standard InChI is InChI=1S/C10H8BF3NO2.K/c1-17-10(16)9-4-6-2-3-7(11(12,13)14)5-8(6)15-9;/h2-5,15H,1H3;/q-1;+1. The third-order valence-corrected chi connectivity index (χ3v) is 2.43. The average Bonchev–Trinajstić information content (AvgIpc) is 2.69. The van der Waals surface area contributed by atoms with Crippen molar-refractivity contribution in [2.45, 2.75) is 0 Å². The summed E-state index contributed by atoms with van der Waals surface area (Å²) in [4.78, 5) is 13.8. The largest absolute Gasteiger partial charge is 1.00 e. The molecule has 1 aromatic heterocycles. The predicted molar refractivity (Wildman–Crippen MR) is 58.4 cm³/mol. The number of H-pyrrole nitrogens is 1. The van der Waals surface area contributed by atoms with Crippen LogP contribution in [0.5, 0.6) is 0 Å². The maximum Gasteiger partial charge on any atom is 1.00 e. The summed E-state index contributed by atoms with van der Waals surface area (Å²) in [5.41, 5.74) is -0.299. The summed E-state index contributed by atoms with van der Waals surface area (Å²) in [5.74, 6) is -0.611. The van der Waals surface area contributed by atoms with Gasteiger partial charge in [0.15, 0.2) is 0 Å². The molecule has 3 nitrogen and oxygen atoms in total. The fourth-order valence-electron chi connectivity index (χ4n) is 1.57. The van der Waals surface area contributed by atoms with Crippen LogP contribution in [-0.2, 0) is 4.74 Å². The normalized spacial score (nSPS) is 11.1. The molecule has 1 aromatic carbocycles. The molecule has 8 heteroatoms. The molecule has 0 aliphatic heterocycles. The summed E-state index contributed by atoms with van der Waals surface area (Å²) in [6.07, 6.45) is 0. The number of ether oxygens (including phenoxy) is 1. The van der Waals surface area contributed by atoms with Crippen LogP contribution in [0.25, 0.3) is 10.9 Å². The third kappa shape index (κ3) is 3.18. The Morgan fingerprint density at radius 1 is 1.28 bits per heavy atom. The van der Waals surface area contributed by atoms with E-state index >= 15 is 0 Å². The zero-order valence-corrected chi connectivity index (χ0v) is 13.0. The number of methoxy groups -OCH3 is 1. The molecule has 18 heavy (non-hydrogen) atoms. The minimum absolute atomic E-state index is 0. The van der Waals surface area contributed by atoms with Crippen LogP contribution in [0, 0.1) is 0 Å². The van der Waals surface area contributed by atoms with Crippen molar-refractivity contribution in [2.75, 3.05) is 7.11 Å². The Kier molecular flexibility index (Phi) is 5.07. The molecule has 2 aromatic rings. The molecule has 2 rings (SSSR count). The van der Waals surface area contributed by atoms with Gasteiger partial charge in [-0.1, -0.05) is 18.2 Å². The number of hydrogen-bond acceptors (Lipinski definition) is 2. The maximum atomic E-state index is 12.5. The second-order valence-corrected chi connectivity index (χ2v) is 3.60. The first-order chi connectivity index (χ1) is 7.91. The smallest absolute Gasteiger partial charge is 0.464 e. The summed E-state index contributed by atoms with van der Waals surface area (Å²) in [7, 11) is 1.21. The zero-order valence-electron chi connectivity index (χ0n) is 9.84. The Hall–Kier alpha value is -0.279. The molecule has 0 saturated carbocycles. The molecular weight excluding hydrogens is 273 g/mol. The van der Waals surface area contributed by atoms with Gasteiger partial charge in [-0.05, 0) is 6.07 Å². The number of benzene rings is 1. The maximum absolute atomic E-state index is 12.5. The molecule has 1 N–H and O–H groups in total. The Bertz CT molecular complexity index is 582. The number of hydrogen-bond donors (Lipinski definition) is 1. The van der Waals surface area contributed by atoms with Crippen molar-refractivity contribution in [1.82, 2.24) is 4.98 Å². The van der Waals surface area contributed by atoms with Crippen LogP contribution < -0.4 is 56.8 Å². The number of aromatic amines is 1. The molecule has 0 amide bonds. The molecule has 0 saturated heterocycles. The number of halogens is 3. The minimum atomic E-state index is -5.03. The fraction of sp³-hybridized carbons (Fsp3) is 0.100. The van der Waals surface area contributed by atoms with E-state index < -0.39 is 18.4 Å². The van der Waals surface area contributed by atoms with E-state index in [2.05, 4.69) is 9.72 Å². The number of fused-ring (bicyclic) bond motifs is 1.